The molecule has 2 N–H and O–H groups in total. The number of phenolic OH excluding ortho intramolecular Hbond substituents is 1. The number of hydrogen-bond donors (Lipinski definition) is 2. The van der Waals surface area contributed by atoms with Gasteiger partial charge in [-0.1, -0.05) is 37.3 Å². The van der Waals surface area contributed by atoms with Crippen LogP contribution in [0.5, 0.6) is 11.5 Å². The molecule has 1 saturated heterocycles. The maximum atomic E-state index is 13.4. The number of benzene rings is 3. The second-order valence-electron chi connectivity index (χ2n) is 8.19. The number of hydrogen-bond acceptors (Lipinski definition) is 5. The molecule has 1 amide bonds. The van der Waals surface area contributed by atoms with Crippen LogP contribution in [0.3, 0.4) is 0 Å². The number of halogens is 3. The van der Waals surface area contributed by atoms with Crippen molar-refractivity contribution < 1.29 is 37.7 Å². The van der Waals surface area contributed by atoms with Gasteiger partial charge in [0, 0.05) is 11.3 Å². The summed E-state index contributed by atoms with van der Waals surface area (Å²) < 4.78 is 45.8. The molecular weight excluding hydrogens is 475 g/mol. The van der Waals surface area contributed by atoms with Crippen LogP contribution in [0.2, 0.25) is 0 Å². The smallest absolute Gasteiger partial charge is 0.416 e. The van der Waals surface area contributed by atoms with Gasteiger partial charge in [-0.3, -0.25) is 14.5 Å². The van der Waals surface area contributed by atoms with Gasteiger partial charge in [-0.25, -0.2) is 0 Å². The van der Waals surface area contributed by atoms with Crippen molar-refractivity contribution >= 4 is 23.1 Å². The number of alkyl halides is 3. The Hall–Kier alpha value is -4.27. The van der Waals surface area contributed by atoms with Crippen LogP contribution in [-0.2, 0) is 15.8 Å². The Morgan fingerprint density at radius 2 is 1.72 bits per heavy atom. The Labute approximate surface area is 204 Å². The van der Waals surface area contributed by atoms with E-state index in [0.29, 0.717) is 12.4 Å². The minimum absolute atomic E-state index is 0.181. The van der Waals surface area contributed by atoms with Crippen LogP contribution in [-0.4, -0.2) is 28.5 Å². The minimum atomic E-state index is -4.68. The molecule has 0 spiro atoms. The summed E-state index contributed by atoms with van der Waals surface area (Å²) in [6, 6.07) is 14.6. The number of nitrogens with zero attached hydrogens (tertiary/aromatic N) is 1. The summed E-state index contributed by atoms with van der Waals surface area (Å²) in [6.07, 6.45) is -3.93. The Bertz CT molecular complexity index is 1350. The van der Waals surface area contributed by atoms with Gasteiger partial charge in [-0.15, -0.1) is 0 Å². The van der Waals surface area contributed by atoms with E-state index < -0.39 is 35.2 Å². The summed E-state index contributed by atoms with van der Waals surface area (Å²) in [7, 11) is 0. The zero-order valence-electron chi connectivity index (χ0n) is 19.1. The lowest BCUT2D eigenvalue weighted by Crippen LogP contribution is -2.29. The van der Waals surface area contributed by atoms with Gasteiger partial charge >= 0.3 is 6.18 Å². The molecule has 1 heterocycles. The van der Waals surface area contributed by atoms with Gasteiger partial charge in [0.05, 0.1) is 23.8 Å². The summed E-state index contributed by atoms with van der Waals surface area (Å²) in [5.41, 5.74) is -1.09. The van der Waals surface area contributed by atoms with Crippen molar-refractivity contribution in [2.45, 2.75) is 25.6 Å². The van der Waals surface area contributed by atoms with E-state index in [-0.39, 0.29) is 28.1 Å². The number of carbonyl (C=O) groups excluding carboxylic acids is 2. The molecule has 186 valence electrons. The van der Waals surface area contributed by atoms with Crippen LogP contribution in [0.1, 0.15) is 36.1 Å². The first-order chi connectivity index (χ1) is 17.1. The van der Waals surface area contributed by atoms with E-state index in [2.05, 4.69) is 0 Å². The van der Waals surface area contributed by atoms with E-state index in [1.807, 2.05) is 6.92 Å². The summed E-state index contributed by atoms with van der Waals surface area (Å²) in [5, 5.41) is 21.2. The fourth-order valence-corrected chi connectivity index (χ4v) is 4.05. The first-order valence-electron chi connectivity index (χ1n) is 11.1. The summed E-state index contributed by atoms with van der Waals surface area (Å²) in [4.78, 5) is 27.2. The zero-order chi connectivity index (χ0) is 26.0. The van der Waals surface area contributed by atoms with Crippen molar-refractivity contribution in [1.29, 1.82) is 0 Å². The second-order valence-corrected chi connectivity index (χ2v) is 8.19. The van der Waals surface area contributed by atoms with Crippen molar-refractivity contribution in [3.8, 4) is 11.5 Å². The fourth-order valence-electron chi connectivity index (χ4n) is 4.05. The standard InChI is InChI=1S/C27H22F3NO5/c1-2-12-36-21-11-4-7-17(14-21)24(33)22-23(16-6-3-10-20(32)13-16)31(26(35)25(22)34)19-9-5-8-18(15-19)27(28,29)30/h3-11,13-15,23,32-33H,2,12H2,1H3/b24-22+. The second kappa shape index (κ2) is 9.77. The Morgan fingerprint density at radius 3 is 2.42 bits per heavy atom. The van der Waals surface area contributed by atoms with Crippen LogP contribution in [0.25, 0.3) is 5.76 Å². The number of Topliss-reactive ketones (excluding diaryl/α,β-unsaturated/α-hetero) is 1. The molecule has 1 aliphatic rings. The Kier molecular flexibility index (Phi) is 6.74. The average molecular weight is 497 g/mol. The highest BCUT2D eigenvalue weighted by atomic mass is 19.4. The number of carbonyl (C=O) groups is 2. The molecule has 1 fully saturated rings. The van der Waals surface area contributed by atoms with Crippen molar-refractivity contribution in [3.63, 3.8) is 0 Å². The lowest BCUT2D eigenvalue weighted by molar-refractivity contribution is -0.137. The summed E-state index contributed by atoms with van der Waals surface area (Å²) in [6.45, 7) is 2.35. The molecular formula is C27H22F3NO5. The van der Waals surface area contributed by atoms with E-state index in [1.54, 1.807) is 12.1 Å². The van der Waals surface area contributed by atoms with Gasteiger partial charge in [0.15, 0.2) is 0 Å². The monoisotopic (exact) mass is 497 g/mol. The quantitative estimate of drug-likeness (QED) is 0.254. The number of aliphatic hydroxyl groups is 1. The molecule has 0 bridgehead atoms. The number of aromatic hydroxyl groups is 1. The molecule has 0 saturated carbocycles. The Balaban J connectivity index is 1.91. The van der Waals surface area contributed by atoms with Crippen molar-refractivity contribution in [2.75, 3.05) is 11.5 Å². The normalized spacial score (nSPS) is 17.4. The third-order valence-corrected chi connectivity index (χ3v) is 5.66. The third-order valence-electron chi connectivity index (χ3n) is 5.66. The number of ketones is 1. The maximum absolute atomic E-state index is 13.4. The van der Waals surface area contributed by atoms with Crippen molar-refractivity contribution in [2.24, 2.45) is 0 Å². The van der Waals surface area contributed by atoms with Crippen molar-refractivity contribution in [3.05, 3.63) is 95.1 Å². The van der Waals surface area contributed by atoms with E-state index in [1.165, 1.54) is 42.5 Å². The molecule has 0 aliphatic carbocycles. The van der Waals surface area contributed by atoms with E-state index in [4.69, 9.17) is 4.74 Å². The number of ether oxygens (including phenoxy) is 1. The molecule has 1 aliphatic heterocycles. The topological polar surface area (TPSA) is 87.1 Å². The van der Waals surface area contributed by atoms with Gasteiger partial charge in [0.2, 0.25) is 0 Å². The molecule has 36 heavy (non-hydrogen) atoms. The maximum Gasteiger partial charge on any atom is 0.416 e. The highest BCUT2D eigenvalue weighted by Gasteiger charge is 2.47. The number of aliphatic hydroxyl groups excluding tert-OH is 1. The SMILES string of the molecule is CCCOc1cccc(/C(O)=C2\C(=O)C(=O)N(c3cccc(C(F)(F)F)c3)C2c2cccc(O)c2)c1. The average Bonchev–Trinajstić information content (AvgIpc) is 3.12. The van der Waals surface area contributed by atoms with Gasteiger partial charge in [0.1, 0.15) is 17.3 Å². The molecule has 0 radical (unpaired) electrons. The minimum Gasteiger partial charge on any atom is -0.508 e. The molecule has 1 atom stereocenters. The molecule has 6 nitrogen and oxygen atoms in total. The number of rotatable bonds is 6. The highest BCUT2D eigenvalue weighted by molar-refractivity contribution is 6.51. The van der Waals surface area contributed by atoms with E-state index in [0.717, 1.165) is 29.5 Å². The Morgan fingerprint density at radius 1 is 1.00 bits per heavy atom. The van der Waals surface area contributed by atoms with Crippen LogP contribution in [0.15, 0.2) is 78.4 Å². The van der Waals surface area contributed by atoms with E-state index in [9.17, 15) is 33.0 Å². The number of phenols is 1. The number of anilines is 1. The molecule has 3 aromatic carbocycles. The van der Waals surface area contributed by atoms with Crippen LogP contribution < -0.4 is 9.64 Å². The summed E-state index contributed by atoms with van der Waals surface area (Å²) in [5.74, 6) is -2.45. The van der Waals surface area contributed by atoms with Gasteiger partial charge in [0.25, 0.3) is 11.7 Å². The van der Waals surface area contributed by atoms with Crippen LogP contribution >= 0.6 is 0 Å². The third kappa shape index (κ3) is 4.77. The molecule has 0 aromatic heterocycles. The molecule has 1 unspecified atom stereocenters. The fraction of sp³-hybridized carbons (Fsp3) is 0.185. The van der Waals surface area contributed by atoms with E-state index >= 15 is 0 Å². The van der Waals surface area contributed by atoms with Gasteiger partial charge in [-0.05, 0) is 54.4 Å². The van der Waals surface area contributed by atoms with Crippen LogP contribution in [0, 0.1) is 0 Å². The number of amides is 1. The largest absolute Gasteiger partial charge is 0.508 e. The summed E-state index contributed by atoms with van der Waals surface area (Å²) >= 11 is 0. The lowest BCUT2D eigenvalue weighted by atomic mass is 9.95. The molecule has 4 rings (SSSR count). The molecule has 3 aromatic rings. The first-order valence-corrected chi connectivity index (χ1v) is 11.1. The lowest BCUT2D eigenvalue weighted by Gasteiger charge is -2.26. The van der Waals surface area contributed by atoms with Gasteiger partial charge < -0.3 is 14.9 Å². The predicted octanol–water partition coefficient (Wildman–Crippen LogP) is 5.83. The van der Waals surface area contributed by atoms with Crippen molar-refractivity contribution in [1.82, 2.24) is 0 Å². The predicted molar refractivity (Wildman–Crippen MR) is 127 cm³/mol. The molecule has 9 heteroatoms. The zero-order valence-corrected chi connectivity index (χ0v) is 19.1. The first kappa shape index (κ1) is 24.8. The van der Waals surface area contributed by atoms with Crippen LogP contribution in [0.4, 0.5) is 18.9 Å². The highest BCUT2D eigenvalue weighted by Crippen LogP contribution is 2.44. The van der Waals surface area contributed by atoms with Gasteiger partial charge in [-0.2, -0.15) is 13.2 Å².